The fourth-order valence-corrected chi connectivity index (χ4v) is 1.21. The zero-order chi connectivity index (χ0) is 7.84. The second-order valence-electron chi connectivity index (χ2n) is 2.62. The van der Waals surface area contributed by atoms with Gasteiger partial charge in [-0.15, -0.1) is 0 Å². The van der Waals surface area contributed by atoms with Gasteiger partial charge in [0.05, 0.1) is 11.7 Å². The van der Waals surface area contributed by atoms with Crippen LogP contribution in [0.3, 0.4) is 0 Å². The summed E-state index contributed by atoms with van der Waals surface area (Å²) in [5.41, 5.74) is 2.16. The van der Waals surface area contributed by atoms with Crippen LogP contribution in [-0.2, 0) is 0 Å². The summed E-state index contributed by atoms with van der Waals surface area (Å²) in [4.78, 5) is 1.34. The minimum absolute atomic E-state index is 0.951. The van der Waals surface area contributed by atoms with Crippen molar-refractivity contribution in [2.75, 3.05) is 5.84 Å². The van der Waals surface area contributed by atoms with E-state index in [0.29, 0.717) is 0 Å². The lowest BCUT2D eigenvalue weighted by atomic mass is 10.2. The summed E-state index contributed by atoms with van der Waals surface area (Å²) < 4.78 is 0. The number of hydrogen-bond acceptors (Lipinski definition) is 2. The Hall–Kier alpha value is -1.51. The predicted molar refractivity (Wildman–Crippen MR) is 44.6 cm³/mol. The number of aryl methyl sites for hydroxylation is 1. The molecule has 0 aliphatic heterocycles. The van der Waals surface area contributed by atoms with E-state index in [1.165, 1.54) is 10.4 Å². The van der Waals surface area contributed by atoms with Gasteiger partial charge in [-0.1, -0.05) is 12.1 Å². The number of nitrogen functional groups attached to an aromatic ring is 1. The zero-order valence-corrected chi connectivity index (χ0v) is 6.28. The summed E-state index contributed by atoms with van der Waals surface area (Å²) in [5.74, 6) is 5.46. The Morgan fingerprint density at radius 2 is 2.27 bits per heavy atom. The highest BCUT2D eigenvalue weighted by molar-refractivity contribution is 5.81. The molecule has 2 rings (SSSR count). The highest BCUT2D eigenvalue weighted by Crippen LogP contribution is 2.14. The largest absolute Gasteiger partial charge is 0.323 e. The fraction of sp³-hybridized carbons (Fsp3) is 0.125. The lowest BCUT2D eigenvalue weighted by Gasteiger charge is -1.89. The molecule has 0 aliphatic carbocycles. The van der Waals surface area contributed by atoms with Gasteiger partial charge in [0.2, 0.25) is 0 Å². The minimum atomic E-state index is 0.951. The smallest absolute Gasteiger partial charge is 0.0946 e. The van der Waals surface area contributed by atoms with Gasteiger partial charge in [0.25, 0.3) is 0 Å². The van der Waals surface area contributed by atoms with E-state index in [0.717, 1.165) is 10.9 Å². The van der Waals surface area contributed by atoms with Crippen molar-refractivity contribution in [3.8, 4) is 0 Å². The van der Waals surface area contributed by atoms with E-state index >= 15 is 0 Å². The molecular formula is C8H9N3. The van der Waals surface area contributed by atoms with Crippen molar-refractivity contribution in [2.45, 2.75) is 6.92 Å². The van der Waals surface area contributed by atoms with Gasteiger partial charge in [-0.25, -0.2) is 0 Å². The molecule has 0 spiro atoms. The molecule has 0 atom stereocenters. The van der Waals surface area contributed by atoms with Gasteiger partial charge < -0.3 is 5.84 Å². The fourth-order valence-electron chi connectivity index (χ4n) is 1.21. The third-order valence-corrected chi connectivity index (χ3v) is 1.79. The molecule has 0 bridgehead atoms. The molecule has 1 aromatic heterocycles. The number of aromatic nitrogens is 2. The standard InChI is InChI=1S/C8H9N3/c1-6-3-2-4-8-7(6)5-11(9)10-8/h2-5H,9H2,1H3. The molecule has 11 heavy (non-hydrogen) atoms. The van der Waals surface area contributed by atoms with E-state index < -0.39 is 0 Å². The average Bonchev–Trinajstić information content (AvgIpc) is 2.31. The molecule has 2 N–H and O–H groups in total. The number of nitrogens with zero attached hydrogens (tertiary/aromatic N) is 2. The van der Waals surface area contributed by atoms with Crippen LogP contribution in [0.25, 0.3) is 10.9 Å². The number of hydrogen-bond donors (Lipinski definition) is 1. The molecule has 2 aromatic rings. The van der Waals surface area contributed by atoms with Gasteiger partial charge in [-0.2, -0.15) is 9.89 Å². The predicted octanol–water partition coefficient (Wildman–Crippen LogP) is 1.06. The van der Waals surface area contributed by atoms with E-state index in [2.05, 4.69) is 5.10 Å². The third-order valence-electron chi connectivity index (χ3n) is 1.79. The first kappa shape index (κ1) is 6.22. The van der Waals surface area contributed by atoms with Crippen molar-refractivity contribution < 1.29 is 0 Å². The maximum atomic E-state index is 5.46. The molecule has 0 unspecified atom stereocenters. The van der Waals surface area contributed by atoms with Crippen LogP contribution in [0.2, 0.25) is 0 Å². The van der Waals surface area contributed by atoms with Crippen LogP contribution >= 0.6 is 0 Å². The molecule has 56 valence electrons. The first-order valence-corrected chi connectivity index (χ1v) is 3.47. The summed E-state index contributed by atoms with van der Waals surface area (Å²) in [7, 11) is 0. The Morgan fingerprint density at radius 3 is 3.00 bits per heavy atom. The molecule has 1 aromatic carbocycles. The first-order chi connectivity index (χ1) is 5.27. The second kappa shape index (κ2) is 1.99. The Kier molecular flexibility index (Phi) is 1.12. The van der Waals surface area contributed by atoms with Crippen molar-refractivity contribution in [2.24, 2.45) is 0 Å². The zero-order valence-electron chi connectivity index (χ0n) is 6.28. The van der Waals surface area contributed by atoms with E-state index in [4.69, 9.17) is 5.84 Å². The highest BCUT2D eigenvalue weighted by atomic mass is 15.5. The monoisotopic (exact) mass is 147 g/mol. The molecule has 0 saturated heterocycles. The lowest BCUT2D eigenvalue weighted by molar-refractivity contribution is 0.846. The lowest BCUT2D eigenvalue weighted by Crippen LogP contribution is -2.07. The summed E-state index contributed by atoms with van der Waals surface area (Å²) in [5, 5.41) is 5.19. The van der Waals surface area contributed by atoms with E-state index in [-0.39, 0.29) is 0 Å². The van der Waals surface area contributed by atoms with Gasteiger partial charge in [-0.3, -0.25) is 0 Å². The summed E-state index contributed by atoms with van der Waals surface area (Å²) >= 11 is 0. The van der Waals surface area contributed by atoms with E-state index in [1.54, 1.807) is 0 Å². The Morgan fingerprint density at radius 1 is 1.45 bits per heavy atom. The van der Waals surface area contributed by atoms with Crippen molar-refractivity contribution in [3.63, 3.8) is 0 Å². The molecule has 0 fully saturated rings. The Labute approximate surface area is 64.4 Å². The molecular weight excluding hydrogens is 138 g/mol. The van der Waals surface area contributed by atoms with Gasteiger partial charge in [-0.05, 0) is 18.6 Å². The molecule has 1 heterocycles. The van der Waals surface area contributed by atoms with E-state index in [9.17, 15) is 0 Å². The normalized spacial score (nSPS) is 10.6. The Balaban J connectivity index is 2.90. The van der Waals surface area contributed by atoms with Gasteiger partial charge in [0.1, 0.15) is 0 Å². The van der Waals surface area contributed by atoms with Crippen LogP contribution < -0.4 is 5.84 Å². The summed E-state index contributed by atoms with van der Waals surface area (Å²) in [6, 6.07) is 5.97. The van der Waals surface area contributed by atoms with Crippen molar-refractivity contribution in [1.82, 2.24) is 9.89 Å². The summed E-state index contributed by atoms with van der Waals surface area (Å²) in [6.45, 7) is 2.05. The SMILES string of the molecule is Cc1cccc2nn(N)cc12. The van der Waals surface area contributed by atoms with Crippen LogP contribution in [-0.4, -0.2) is 9.89 Å². The van der Waals surface area contributed by atoms with Gasteiger partial charge in [0.15, 0.2) is 0 Å². The molecule has 0 aliphatic rings. The minimum Gasteiger partial charge on any atom is -0.323 e. The highest BCUT2D eigenvalue weighted by Gasteiger charge is 1.98. The molecule has 0 radical (unpaired) electrons. The van der Waals surface area contributed by atoms with Crippen molar-refractivity contribution in [1.29, 1.82) is 0 Å². The van der Waals surface area contributed by atoms with Crippen LogP contribution in [0, 0.1) is 6.92 Å². The summed E-state index contributed by atoms with van der Waals surface area (Å²) in [6.07, 6.45) is 1.82. The molecule has 0 amide bonds. The van der Waals surface area contributed by atoms with Crippen LogP contribution in [0.1, 0.15) is 5.56 Å². The van der Waals surface area contributed by atoms with Crippen LogP contribution in [0.5, 0.6) is 0 Å². The Bertz CT molecular complexity index is 389. The first-order valence-electron chi connectivity index (χ1n) is 3.47. The molecule has 3 heteroatoms. The van der Waals surface area contributed by atoms with Gasteiger partial charge in [0, 0.05) is 5.39 Å². The van der Waals surface area contributed by atoms with Gasteiger partial charge >= 0.3 is 0 Å². The molecule has 0 saturated carbocycles. The molecule has 3 nitrogen and oxygen atoms in total. The topological polar surface area (TPSA) is 43.8 Å². The van der Waals surface area contributed by atoms with Crippen molar-refractivity contribution in [3.05, 3.63) is 30.0 Å². The van der Waals surface area contributed by atoms with Crippen LogP contribution in [0.4, 0.5) is 0 Å². The number of rotatable bonds is 0. The quantitative estimate of drug-likeness (QED) is 0.566. The maximum Gasteiger partial charge on any atom is 0.0946 e. The number of benzene rings is 1. The third kappa shape index (κ3) is 0.852. The second-order valence-corrected chi connectivity index (χ2v) is 2.62. The number of nitrogens with two attached hydrogens (primary N) is 1. The van der Waals surface area contributed by atoms with Crippen LogP contribution in [0.15, 0.2) is 24.4 Å². The van der Waals surface area contributed by atoms with E-state index in [1.807, 2.05) is 31.3 Å². The van der Waals surface area contributed by atoms with Crippen molar-refractivity contribution >= 4 is 10.9 Å². The average molecular weight is 147 g/mol. The number of fused-ring (bicyclic) bond motifs is 1. The maximum absolute atomic E-state index is 5.46.